The van der Waals surface area contributed by atoms with E-state index in [9.17, 15) is 0 Å². The zero-order valence-corrected chi connectivity index (χ0v) is 14.8. The van der Waals surface area contributed by atoms with Crippen molar-refractivity contribution in [3.05, 3.63) is 83.8 Å². The number of nitrogens with zero attached hydrogens (tertiary/aromatic N) is 3. The Kier molecular flexibility index (Phi) is 4.80. The van der Waals surface area contributed by atoms with Crippen LogP contribution in [0.5, 0.6) is 0 Å². The molecule has 0 fully saturated rings. The predicted molar refractivity (Wildman–Crippen MR) is 103 cm³/mol. The van der Waals surface area contributed by atoms with E-state index in [4.69, 9.17) is 5.73 Å². The van der Waals surface area contributed by atoms with Crippen molar-refractivity contribution in [1.29, 1.82) is 0 Å². The van der Waals surface area contributed by atoms with Crippen LogP contribution in [0.4, 0.5) is 5.82 Å². The number of hydrogen-bond acceptors (Lipinski definition) is 3. The Morgan fingerprint density at radius 3 is 2.08 bits per heavy atom. The van der Waals surface area contributed by atoms with Gasteiger partial charge in [-0.05, 0) is 44.0 Å². The summed E-state index contributed by atoms with van der Waals surface area (Å²) in [4.78, 5) is 8.47. The van der Waals surface area contributed by atoms with E-state index in [1.54, 1.807) is 12.3 Å². The Morgan fingerprint density at radius 2 is 1.44 bits per heavy atom. The van der Waals surface area contributed by atoms with Gasteiger partial charge in [0.15, 0.2) is 0 Å². The molecule has 126 valence electrons. The summed E-state index contributed by atoms with van der Waals surface area (Å²) in [6, 6.07) is 16.3. The van der Waals surface area contributed by atoms with Crippen LogP contribution in [0.3, 0.4) is 0 Å². The first-order valence-electron chi connectivity index (χ1n) is 8.22. The molecule has 0 saturated carbocycles. The van der Waals surface area contributed by atoms with Crippen molar-refractivity contribution in [3.63, 3.8) is 0 Å². The van der Waals surface area contributed by atoms with E-state index in [-0.39, 0.29) is 0 Å². The summed E-state index contributed by atoms with van der Waals surface area (Å²) < 4.78 is 2.07. The third kappa shape index (κ3) is 4.23. The summed E-state index contributed by atoms with van der Waals surface area (Å²) in [7, 11) is 0. The number of imidazole rings is 1. The fraction of sp³-hybridized carbons (Fsp3) is 0.143. The van der Waals surface area contributed by atoms with Gasteiger partial charge in [-0.3, -0.25) is 0 Å². The molecule has 4 nitrogen and oxygen atoms in total. The summed E-state index contributed by atoms with van der Waals surface area (Å²) in [6.45, 7) is 6.16. The Balaban J connectivity index is 0.000000192. The van der Waals surface area contributed by atoms with Gasteiger partial charge in [0.25, 0.3) is 0 Å². The number of fused-ring (bicyclic) bond motifs is 1. The number of pyridine rings is 2. The van der Waals surface area contributed by atoms with Gasteiger partial charge < -0.3 is 10.1 Å². The van der Waals surface area contributed by atoms with Crippen LogP contribution in [0.2, 0.25) is 0 Å². The van der Waals surface area contributed by atoms with Crippen LogP contribution in [0.15, 0.2) is 67.1 Å². The van der Waals surface area contributed by atoms with E-state index in [2.05, 4.69) is 70.9 Å². The van der Waals surface area contributed by atoms with E-state index in [0.717, 1.165) is 22.5 Å². The maximum atomic E-state index is 5.32. The van der Waals surface area contributed by atoms with Crippen LogP contribution in [0.1, 0.15) is 16.7 Å². The number of anilines is 1. The molecule has 0 saturated heterocycles. The number of benzene rings is 1. The molecule has 0 bridgehead atoms. The van der Waals surface area contributed by atoms with E-state index in [0.29, 0.717) is 5.82 Å². The molecule has 2 N–H and O–H groups in total. The molecule has 4 heteroatoms. The van der Waals surface area contributed by atoms with Gasteiger partial charge in [0.1, 0.15) is 11.5 Å². The lowest BCUT2D eigenvalue weighted by molar-refractivity contribution is 1.16. The number of aryl methyl sites for hydroxylation is 3. The number of nitrogen functional groups attached to an aromatic ring is 1. The lowest BCUT2D eigenvalue weighted by atomic mass is 10.1. The predicted octanol–water partition coefficient (Wildman–Crippen LogP) is 4.59. The fourth-order valence-corrected chi connectivity index (χ4v) is 2.45. The highest BCUT2D eigenvalue weighted by atomic mass is 15.0. The van der Waals surface area contributed by atoms with Crippen molar-refractivity contribution in [2.24, 2.45) is 0 Å². The normalized spacial score (nSPS) is 10.4. The number of hydrogen-bond donors (Lipinski definition) is 1. The third-order valence-electron chi connectivity index (χ3n) is 3.88. The van der Waals surface area contributed by atoms with Gasteiger partial charge in [0.05, 0.1) is 5.69 Å². The van der Waals surface area contributed by atoms with E-state index in [1.807, 2.05) is 19.1 Å². The lowest BCUT2D eigenvalue weighted by Crippen LogP contribution is -1.87. The van der Waals surface area contributed by atoms with E-state index >= 15 is 0 Å². The van der Waals surface area contributed by atoms with Crippen molar-refractivity contribution >= 4 is 11.5 Å². The molecule has 0 aliphatic carbocycles. The highest BCUT2D eigenvalue weighted by molar-refractivity contribution is 5.62. The molecule has 0 unspecified atom stereocenters. The minimum absolute atomic E-state index is 0.579. The molecular formula is C21H22N4. The maximum Gasteiger partial charge on any atom is 0.137 e. The molecule has 0 amide bonds. The van der Waals surface area contributed by atoms with Crippen LogP contribution in [-0.4, -0.2) is 14.4 Å². The summed E-state index contributed by atoms with van der Waals surface area (Å²) >= 11 is 0. The Bertz CT molecular complexity index is 946. The molecule has 4 aromatic rings. The van der Waals surface area contributed by atoms with Gasteiger partial charge in [-0.1, -0.05) is 42.0 Å². The number of rotatable bonds is 1. The minimum Gasteiger partial charge on any atom is -0.384 e. The zero-order valence-electron chi connectivity index (χ0n) is 14.8. The number of aromatic nitrogens is 3. The molecule has 3 heterocycles. The molecule has 4 rings (SSSR count). The quantitative estimate of drug-likeness (QED) is 0.555. The Morgan fingerprint density at radius 1 is 0.760 bits per heavy atom. The SMILES string of the molecule is Cc1ccc(-c2cn3cc(C)ccc3n2)cc1.Cc1ccc(N)nc1. The van der Waals surface area contributed by atoms with Gasteiger partial charge >= 0.3 is 0 Å². The van der Waals surface area contributed by atoms with Crippen LogP contribution < -0.4 is 5.73 Å². The molecular weight excluding hydrogens is 308 g/mol. The minimum atomic E-state index is 0.579. The first-order chi connectivity index (χ1) is 12.0. The number of nitrogens with two attached hydrogens (primary N) is 1. The monoisotopic (exact) mass is 330 g/mol. The smallest absolute Gasteiger partial charge is 0.137 e. The van der Waals surface area contributed by atoms with Gasteiger partial charge in [0.2, 0.25) is 0 Å². The average Bonchev–Trinajstić information content (AvgIpc) is 3.02. The van der Waals surface area contributed by atoms with Crippen LogP contribution in [-0.2, 0) is 0 Å². The molecule has 0 radical (unpaired) electrons. The topological polar surface area (TPSA) is 56.2 Å². The second-order valence-corrected chi connectivity index (χ2v) is 6.22. The molecule has 1 aromatic carbocycles. The zero-order chi connectivity index (χ0) is 17.8. The van der Waals surface area contributed by atoms with Gasteiger partial charge in [0, 0.05) is 24.2 Å². The fourth-order valence-electron chi connectivity index (χ4n) is 2.45. The standard InChI is InChI=1S/C15H14N2.C6H8N2/c1-11-3-6-13(7-4-11)14-10-17-9-12(2)5-8-15(17)16-14;1-5-2-3-6(7)8-4-5/h3-10H,1-2H3;2-4H,1H3,(H2,7,8). The van der Waals surface area contributed by atoms with Gasteiger partial charge in [-0.2, -0.15) is 0 Å². The van der Waals surface area contributed by atoms with Crippen molar-refractivity contribution in [1.82, 2.24) is 14.4 Å². The Hall–Kier alpha value is -3.14. The van der Waals surface area contributed by atoms with E-state index < -0.39 is 0 Å². The van der Waals surface area contributed by atoms with Crippen molar-refractivity contribution in [3.8, 4) is 11.3 Å². The molecule has 0 aliphatic rings. The van der Waals surface area contributed by atoms with Crippen molar-refractivity contribution < 1.29 is 0 Å². The largest absolute Gasteiger partial charge is 0.384 e. The second-order valence-electron chi connectivity index (χ2n) is 6.22. The van der Waals surface area contributed by atoms with Crippen molar-refractivity contribution in [2.45, 2.75) is 20.8 Å². The van der Waals surface area contributed by atoms with Gasteiger partial charge in [-0.15, -0.1) is 0 Å². The highest BCUT2D eigenvalue weighted by Gasteiger charge is 2.03. The first kappa shape index (κ1) is 16.7. The summed E-state index contributed by atoms with van der Waals surface area (Å²) in [5.74, 6) is 0.579. The highest BCUT2D eigenvalue weighted by Crippen LogP contribution is 2.19. The maximum absolute atomic E-state index is 5.32. The molecule has 0 spiro atoms. The van der Waals surface area contributed by atoms with E-state index in [1.165, 1.54) is 11.1 Å². The molecule has 25 heavy (non-hydrogen) atoms. The summed E-state index contributed by atoms with van der Waals surface area (Å²) in [6.07, 6.45) is 5.92. The third-order valence-corrected chi connectivity index (χ3v) is 3.88. The molecule has 3 aromatic heterocycles. The summed E-state index contributed by atoms with van der Waals surface area (Å²) in [5, 5.41) is 0. The van der Waals surface area contributed by atoms with Gasteiger partial charge in [-0.25, -0.2) is 9.97 Å². The van der Waals surface area contributed by atoms with Crippen LogP contribution in [0.25, 0.3) is 16.9 Å². The lowest BCUT2D eigenvalue weighted by Gasteiger charge is -1.96. The summed E-state index contributed by atoms with van der Waals surface area (Å²) in [5.41, 5.74) is 12.1. The second kappa shape index (κ2) is 7.18. The van der Waals surface area contributed by atoms with Crippen molar-refractivity contribution in [2.75, 3.05) is 5.73 Å². The Labute approximate surface area is 148 Å². The van der Waals surface area contributed by atoms with Crippen LogP contribution in [0, 0.1) is 20.8 Å². The van der Waals surface area contributed by atoms with Crippen LogP contribution >= 0.6 is 0 Å². The molecule has 0 aliphatic heterocycles. The average molecular weight is 330 g/mol. The first-order valence-corrected chi connectivity index (χ1v) is 8.22. The molecule has 0 atom stereocenters.